The van der Waals surface area contributed by atoms with Crippen molar-refractivity contribution in [3.63, 3.8) is 0 Å². The van der Waals surface area contributed by atoms with Crippen LogP contribution in [0, 0.1) is 5.92 Å². The summed E-state index contributed by atoms with van der Waals surface area (Å²) in [6.07, 6.45) is -0.282. The number of piperidine rings is 1. The van der Waals surface area contributed by atoms with Crippen molar-refractivity contribution in [2.24, 2.45) is 5.92 Å². The molecule has 0 radical (unpaired) electrons. The number of halogens is 3. The Balaban J connectivity index is 1.56. The number of likely N-dealkylation sites (tertiary alicyclic amines) is 1. The van der Waals surface area contributed by atoms with E-state index in [4.69, 9.17) is 0 Å². The third-order valence-corrected chi connectivity index (χ3v) is 5.86. The summed E-state index contributed by atoms with van der Waals surface area (Å²) < 4.78 is 43.5. The second-order valence-corrected chi connectivity index (χ2v) is 8.58. The molecule has 3 heterocycles. The van der Waals surface area contributed by atoms with E-state index < -0.39 is 11.7 Å². The monoisotopic (exact) mass is 416 g/mol. The summed E-state index contributed by atoms with van der Waals surface area (Å²) in [5.41, 5.74) is 0.847. The van der Waals surface area contributed by atoms with Gasteiger partial charge >= 0.3 is 6.18 Å². The van der Waals surface area contributed by atoms with E-state index in [-0.39, 0.29) is 23.7 Å². The van der Waals surface area contributed by atoms with Gasteiger partial charge in [-0.1, -0.05) is 44.2 Å². The first-order valence-electron chi connectivity index (χ1n) is 10.5. The summed E-state index contributed by atoms with van der Waals surface area (Å²) in [5, 5.41) is 7.96. The quantitative estimate of drug-likeness (QED) is 0.564. The van der Waals surface area contributed by atoms with E-state index in [1.54, 1.807) is 12.3 Å². The van der Waals surface area contributed by atoms with Crippen LogP contribution in [0.15, 0.2) is 42.6 Å². The van der Waals surface area contributed by atoms with Crippen molar-refractivity contribution in [2.45, 2.75) is 51.7 Å². The lowest BCUT2D eigenvalue weighted by Crippen LogP contribution is -2.33. The second-order valence-electron chi connectivity index (χ2n) is 8.58. The molecule has 3 aromatic rings. The first-order chi connectivity index (χ1) is 14.3. The van der Waals surface area contributed by atoms with E-state index in [2.05, 4.69) is 27.2 Å². The molecule has 1 aromatic carbocycles. The number of aromatic nitrogens is 3. The first kappa shape index (κ1) is 20.8. The van der Waals surface area contributed by atoms with Crippen molar-refractivity contribution in [3.05, 3.63) is 65.1 Å². The average molecular weight is 416 g/mol. The maximum atomic E-state index is 14.0. The maximum absolute atomic E-state index is 14.0. The lowest BCUT2D eigenvalue weighted by atomic mass is 9.89. The van der Waals surface area contributed by atoms with Gasteiger partial charge in [-0.05, 0) is 55.0 Å². The third kappa shape index (κ3) is 4.36. The number of rotatable bonds is 5. The summed E-state index contributed by atoms with van der Waals surface area (Å²) in [5.74, 6) is 1.33. The molecule has 1 fully saturated rings. The van der Waals surface area contributed by atoms with E-state index >= 15 is 0 Å². The van der Waals surface area contributed by atoms with E-state index in [0.29, 0.717) is 18.2 Å². The van der Waals surface area contributed by atoms with Gasteiger partial charge in [-0.25, -0.2) is 0 Å². The van der Waals surface area contributed by atoms with Crippen LogP contribution in [0.25, 0.3) is 5.65 Å². The topological polar surface area (TPSA) is 33.4 Å². The number of nitrogens with zero attached hydrogens (tertiary/aromatic N) is 4. The molecule has 0 spiro atoms. The summed E-state index contributed by atoms with van der Waals surface area (Å²) >= 11 is 0. The van der Waals surface area contributed by atoms with Crippen LogP contribution in [0.2, 0.25) is 0 Å². The third-order valence-electron chi connectivity index (χ3n) is 5.86. The molecule has 1 aliphatic heterocycles. The fourth-order valence-electron chi connectivity index (χ4n) is 4.38. The smallest absolute Gasteiger partial charge is 0.299 e. The summed E-state index contributed by atoms with van der Waals surface area (Å²) in [7, 11) is 0. The second kappa shape index (κ2) is 8.38. The zero-order valence-corrected chi connectivity index (χ0v) is 17.4. The molecule has 4 nitrogen and oxygen atoms in total. The van der Waals surface area contributed by atoms with Crippen LogP contribution in [-0.4, -0.2) is 32.6 Å². The van der Waals surface area contributed by atoms with Gasteiger partial charge < -0.3 is 0 Å². The van der Waals surface area contributed by atoms with E-state index in [9.17, 15) is 13.2 Å². The Kier molecular flexibility index (Phi) is 5.82. The number of hydrogen-bond donors (Lipinski definition) is 0. The number of fused-ring (bicyclic) bond motifs is 1. The summed E-state index contributed by atoms with van der Waals surface area (Å²) in [4.78, 5) is 2.12. The Morgan fingerprint density at radius 2 is 1.73 bits per heavy atom. The molecule has 1 saturated heterocycles. The van der Waals surface area contributed by atoms with Gasteiger partial charge in [-0.3, -0.25) is 9.30 Å². The number of alkyl halides is 3. The highest BCUT2D eigenvalue weighted by Crippen LogP contribution is 2.36. The molecular formula is C23H27F3N4. The largest absolute Gasteiger partial charge is 0.420 e. The van der Waals surface area contributed by atoms with Crippen LogP contribution in [0.1, 0.15) is 55.1 Å². The van der Waals surface area contributed by atoms with E-state index in [0.717, 1.165) is 25.9 Å². The van der Waals surface area contributed by atoms with Crippen molar-refractivity contribution in [2.75, 3.05) is 13.1 Å². The fourth-order valence-corrected chi connectivity index (χ4v) is 4.38. The minimum atomic E-state index is -4.47. The van der Waals surface area contributed by atoms with Gasteiger partial charge in [-0.15, -0.1) is 10.2 Å². The normalized spacial score (nSPS) is 16.6. The van der Waals surface area contributed by atoms with Crippen LogP contribution in [0.3, 0.4) is 0 Å². The van der Waals surface area contributed by atoms with Gasteiger partial charge in [0.25, 0.3) is 0 Å². The number of pyridine rings is 1. The maximum Gasteiger partial charge on any atom is 0.420 e. The van der Waals surface area contributed by atoms with Gasteiger partial charge in [-0.2, -0.15) is 13.2 Å². The predicted molar refractivity (Wildman–Crippen MR) is 110 cm³/mol. The van der Waals surface area contributed by atoms with Crippen molar-refractivity contribution in [3.8, 4) is 0 Å². The molecular weight excluding hydrogens is 389 g/mol. The minimum absolute atomic E-state index is 0.0881. The van der Waals surface area contributed by atoms with Crippen LogP contribution in [-0.2, 0) is 19.1 Å². The summed E-state index contributed by atoms with van der Waals surface area (Å²) in [6, 6.07) is 11.9. The molecule has 1 aliphatic rings. The molecule has 0 unspecified atom stereocenters. The fraction of sp³-hybridized carbons (Fsp3) is 0.478. The van der Waals surface area contributed by atoms with Gasteiger partial charge in [0.05, 0.1) is 0 Å². The molecule has 0 atom stereocenters. The molecule has 7 heteroatoms. The Hall–Kier alpha value is -2.41. The standard InChI is InChI=1S/C23H27F3N4/c1-16(2)14-20-27-28-22-21(23(24,25)26)19(10-13-30(20)22)15-29-11-8-18(9-12-29)17-6-4-3-5-7-17/h3-7,10,13,16,18H,8-9,11-12,14-15H2,1-2H3. The zero-order valence-electron chi connectivity index (χ0n) is 17.4. The Labute approximate surface area is 174 Å². The van der Waals surface area contributed by atoms with Crippen molar-refractivity contribution < 1.29 is 13.2 Å². The lowest BCUT2D eigenvalue weighted by molar-refractivity contribution is -0.137. The van der Waals surface area contributed by atoms with Crippen LogP contribution in [0.4, 0.5) is 13.2 Å². The molecule has 0 N–H and O–H groups in total. The Morgan fingerprint density at radius 3 is 2.37 bits per heavy atom. The first-order valence-corrected chi connectivity index (χ1v) is 10.5. The van der Waals surface area contributed by atoms with Crippen molar-refractivity contribution in [1.82, 2.24) is 19.5 Å². The van der Waals surface area contributed by atoms with E-state index in [1.165, 1.54) is 9.96 Å². The molecule has 0 amide bonds. The highest BCUT2D eigenvalue weighted by molar-refractivity contribution is 5.53. The predicted octanol–water partition coefficient (Wildman–Crippen LogP) is 5.33. The van der Waals surface area contributed by atoms with Crippen molar-refractivity contribution >= 4 is 5.65 Å². The van der Waals surface area contributed by atoms with Gasteiger partial charge in [0.2, 0.25) is 0 Å². The SMILES string of the molecule is CC(C)Cc1nnc2c(C(F)(F)F)c(CN3CCC(c4ccccc4)CC3)ccn12. The van der Waals surface area contributed by atoms with Gasteiger partial charge in [0.1, 0.15) is 11.4 Å². The van der Waals surface area contributed by atoms with Crippen LogP contribution in [0.5, 0.6) is 0 Å². The van der Waals surface area contributed by atoms with Gasteiger partial charge in [0.15, 0.2) is 5.65 Å². The number of benzene rings is 1. The molecule has 0 bridgehead atoms. The van der Waals surface area contributed by atoms with Gasteiger partial charge in [0, 0.05) is 19.2 Å². The highest BCUT2D eigenvalue weighted by atomic mass is 19.4. The highest BCUT2D eigenvalue weighted by Gasteiger charge is 2.38. The van der Waals surface area contributed by atoms with E-state index in [1.807, 2.05) is 32.0 Å². The minimum Gasteiger partial charge on any atom is -0.299 e. The molecule has 0 aliphatic carbocycles. The Morgan fingerprint density at radius 1 is 1.03 bits per heavy atom. The molecule has 30 heavy (non-hydrogen) atoms. The van der Waals surface area contributed by atoms with Crippen molar-refractivity contribution in [1.29, 1.82) is 0 Å². The molecule has 160 valence electrons. The lowest BCUT2D eigenvalue weighted by Gasteiger charge is -2.32. The zero-order chi connectivity index (χ0) is 21.3. The van der Waals surface area contributed by atoms with Crippen LogP contribution < -0.4 is 0 Å². The molecule has 2 aromatic heterocycles. The summed E-state index contributed by atoms with van der Waals surface area (Å²) in [6.45, 7) is 5.87. The Bertz CT molecular complexity index is 987. The number of hydrogen-bond acceptors (Lipinski definition) is 3. The van der Waals surface area contributed by atoms with Crippen LogP contribution >= 0.6 is 0 Å². The molecule has 4 rings (SSSR count). The average Bonchev–Trinajstić information content (AvgIpc) is 3.10. The molecule has 0 saturated carbocycles.